The van der Waals surface area contributed by atoms with E-state index >= 15 is 0 Å². The molecule has 2 nitrogen and oxygen atoms in total. The van der Waals surface area contributed by atoms with Crippen molar-refractivity contribution in [2.24, 2.45) is 5.92 Å². The van der Waals surface area contributed by atoms with Gasteiger partial charge in [-0.05, 0) is 56.7 Å². The van der Waals surface area contributed by atoms with Gasteiger partial charge in [-0.15, -0.1) is 0 Å². The van der Waals surface area contributed by atoms with Crippen molar-refractivity contribution in [1.82, 2.24) is 0 Å². The number of aliphatic hydroxyl groups excluding tert-OH is 1. The van der Waals surface area contributed by atoms with E-state index in [4.69, 9.17) is 16.3 Å². The van der Waals surface area contributed by atoms with Crippen molar-refractivity contribution in [2.45, 2.75) is 51.7 Å². The molecule has 1 aromatic carbocycles. The summed E-state index contributed by atoms with van der Waals surface area (Å²) in [5.74, 6) is 1.58. The maximum Gasteiger partial charge on any atom is 0.125 e. The van der Waals surface area contributed by atoms with Crippen LogP contribution in [0.15, 0.2) is 18.2 Å². The zero-order valence-electron chi connectivity index (χ0n) is 11.0. The van der Waals surface area contributed by atoms with Crippen LogP contribution in [0.4, 0.5) is 0 Å². The molecule has 0 bridgehead atoms. The van der Waals surface area contributed by atoms with E-state index in [2.05, 4.69) is 6.92 Å². The summed E-state index contributed by atoms with van der Waals surface area (Å²) >= 11 is 5.96. The van der Waals surface area contributed by atoms with Crippen molar-refractivity contribution in [3.8, 4) is 5.75 Å². The van der Waals surface area contributed by atoms with Gasteiger partial charge >= 0.3 is 0 Å². The Morgan fingerprint density at radius 1 is 1.28 bits per heavy atom. The molecule has 1 saturated carbocycles. The largest absolute Gasteiger partial charge is 0.490 e. The maximum atomic E-state index is 9.76. The molecular weight excluding hydrogens is 248 g/mol. The molecule has 1 aromatic rings. The van der Waals surface area contributed by atoms with Crippen molar-refractivity contribution in [1.29, 1.82) is 0 Å². The van der Waals surface area contributed by atoms with Crippen LogP contribution >= 0.6 is 11.6 Å². The highest BCUT2D eigenvalue weighted by molar-refractivity contribution is 6.30. The van der Waals surface area contributed by atoms with E-state index < -0.39 is 6.10 Å². The Hall–Kier alpha value is -0.730. The summed E-state index contributed by atoms with van der Waals surface area (Å²) in [4.78, 5) is 0. The van der Waals surface area contributed by atoms with Crippen LogP contribution < -0.4 is 4.74 Å². The van der Waals surface area contributed by atoms with Gasteiger partial charge in [0, 0.05) is 10.6 Å². The summed E-state index contributed by atoms with van der Waals surface area (Å²) in [7, 11) is 0. The third kappa shape index (κ3) is 3.39. The van der Waals surface area contributed by atoms with Crippen LogP contribution in [-0.4, -0.2) is 11.2 Å². The van der Waals surface area contributed by atoms with Gasteiger partial charge in [-0.3, -0.25) is 0 Å². The van der Waals surface area contributed by atoms with Crippen LogP contribution in [0.2, 0.25) is 5.02 Å². The van der Waals surface area contributed by atoms with Gasteiger partial charge in [0.25, 0.3) is 0 Å². The average molecular weight is 269 g/mol. The smallest absolute Gasteiger partial charge is 0.125 e. The molecule has 0 aromatic heterocycles. The molecule has 1 fully saturated rings. The van der Waals surface area contributed by atoms with Crippen molar-refractivity contribution in [2.75, 3.05) is 0 Å². The van der Waals surface area contributed by atoms with E-state index in [9.17, 15) is 5.11 Å². The van der Waals surface area contributed by atoms with E-state index in [1.807, 2.05) is 12.1 Å². The Balaban J connectivity index is 2.09. The fourth-order valence-electron chi connectivity index (χ4n) is 2.48. The molecule has 0 spiro atoms. The maximum absolute atomic E-state index is 9.76. The van der Waals surface area contributed by atoms with E-state index in [0.717, 1.165) is 30.1 Å². The summed E-state index contributed by atoms with van der Waals surface area (Å²) in [6.07, 6.45) is 4.37. The first-order valence-corrected chi connectivity index (χ1v) is 7.08. The second kappa shape index (κ2) is 5.94. The second-order valence-electron chi connectivity index (χ2n) is 5.36. The lowest BCUT2D eigenvalue weighted by Gasteiger charge is -2.28. The van der Waals surface area contributed by atoms with Crippen molar-refractivity contribution >= 4 is 11.6 Å². The number of hydrogen-bond donors (Lipinski definition) is 1. The summed E-state index contributed by atoms with van der Waals surface area (Å²) in [5, 5.41) is 10.4. The zero-order chi connectivity index (χ0) is 13.1. The van der Waals surface area contributed by atoms with E-state index in [-0.39, 0.29) is 6.10 Å². The van der Waals surface area contributed by atoms with Gasteiger partial charge < -0.3 is 9.84 Å². The fourth-order valence-corrected chi connectivity index (χ4v) is 2.66. The first-order chi connectivity index (χ1) is 8.56. The minimum Gasteiger partial charge on any atom is -0.490 e. The van der Waals surface area contributed by atoms with E-state index in [1.54, 1.807) is 13.0 Å². The summed E-state index contributed by atoms with van der Waals surface area (Å²) in [6, 6.07) is 5.46. The Kier molecular flexibility index (Phi) is 4.52. The first kappa shape index (κ1) is 13.7. The third-order valence-electron chi connectivity index (χ3n) is 3.68. The predicted octanol–water partition coefficient (Wildman–Crippen LogP) is 4.35. The highest BCUT2D eigenvalue weighted by Crippen LogP contribution is 2.32. The molecular formula is C15H21ClO2. The van der Waals surface area contributed by atoms with Gasteiger partial charge in [0.2, 0.25) is 0 Å². The van der Waals surface area contributed by atoms with Gasteiger partial charge in [-0.25, -0.2) is 0 Å². The van der Waals surface area contributed by atoms with Gasteiger partial charge in [-0.1, -0.05) is 18.5 Å². The minimum atomic E-state index is -0.554. The van der Waals surface area contributed by atoms with Gasteiger partial charge in [0.05, 0.1) is 12.2 Å². The van der Waals surface area contributed by atoms with Crippen molar-refractivity contribution < 1.29 is 9.84 Å². The Morgan fingerprint density at radius 3 is 2.56 bits per heavy atom. The Morgan fingerprint density at radius 2 is 1.94 bits per heavy atom. The highest BCUT2D eigenvalue weighted by atomic mass is 35.5. The molecule has 0 heterocycles. The second-order valence-corrected chi connectivity index (χ2v) is 5.79. The van der Waals surface area contributed by atoms with Crippen molar-refractivity contribution in [3.05, 3.63) is 28.8 Å². The molecule has 0 saturated heterocycles. The lowest BCUT2D eigenvalue weighted by molar-refractivity contribution is 0.126. The molecule has 0 amide bonds. The van der Waals surface area contributed by atoms with E-state index in [1.165, 1.54) is 12.8 Å². The molecule has 100 valence electrons. The Bertz CT molecular complexity index is 395. The Labute approximate surface area is 114 Å². The molecule has 1 aliphatic carbocycles. The topological polar surface area (TPSA) is 29.5 Å². The van der Waals surface area contributed by atoms with Crippen LogP contribution in [0.3, 0.4) is 0 Å². The molecule has 0 aliphatic heterocycles. The third-order valence-corrected chi connectivity index (χ3v) is 3.91. The number of hydrogen-bond acceptors (Lipinski definition) is 2. The number of aliphatic hydroxyl groups is 1. The van der Waals surface area contributed by atoms with Gasteiger partial charge in [-0.2, -0.15) is 0 Å². The number of rotatable bonds is 3. The molecule has 0 radical (unpaired) electrons. The lowest BCUT2D eigenvalue weighted by Crippen LogP contribution is -2.23. The molecule has 18 heavy (non-hydrogen) atoms. The number of ether oxygens (including phenoxy) is 1. The fraction of sp³-hybridized carbons (Fsp3) is 0.600. The lowest BCUT2D eigenvalue weighted by atomic mass is 9.89. The first-order valence-electron chi connectivity index (χ1n) is 6.70. The van der Waals surface area contributed by atoms with E-state index in [0.29, 0.717) is 5.02 Å². The molecule has 0 unspecified atom stereocenters. The molecule has 1 N–H and O–H groups in total. The predicted molar refractivity (Wildman–Crippen MR) is 74.1 cm³/mol. The van der Waals surface area contributed by atoms with Crippen molar-refractivity contribution in [3.63, 3.8) is 0 Å². The summed E-state index contributed by atoms with van der Waals surface area (Å²) < 4.78 is 6.03. The van der Waals surface area contributed by atoms with Crippen LogP contribution in [0, 0.1) is 5.92 Å². The number of halogens is 1. The van der Waals surface area contributed by atoms with Crippen LogP contribution in [0.5, 0.6) is 5.75 Å². The summed E-state index contributed by atoms with van der Waals surface area (Å²) in [5.41, 5.74) is 0.779. The molecule has 3 heteroatoms. The van der Waals surface area contributed by atoms with Crippen LogP contribution in [0.1, 0.15) is 51.2 Å². The normalized spacial score (nSPS) is 25.8. The highest BCUT2D eigenvalue weighted by Gasteiger charge is 2.21. The quantitative estimate of drug-likeness (QED) is 0.883. The van der Waals surface area contributed by atoms with Gasteiger partial charge in [0.15, 0.2) is 0 Å². The summed E-state index contributed by atoms with van der Waals surface area (Å²) in [6.45, 7) is 4.03. The number of benzene rings is 1. The molecule has 1 aliphatic rings. The SMILES string of the molecule is CC1CCC(Oc2ccc(Cl)cc2[C@H](C)O)CC1. The zero-order valence-corrected chi connectivity index (χ0v) is 11.8. The van der Waals surface area contributed by atoms with Crippen LogP contribution in [-0.2, 0) is 0 Å². The monoisotopic (exact) mass is 268 g/mol. The standard InChI is InChI=1S/C15H21ClO2/c1-10-3-6-13(7-4-10)18-15-8-5-12(16)9-14(15)11(2)17/h5,8-11,13,17H,3-4,6-7H2,1-2H3/t10?,11-,13?/m0/s1. The molecule has 2 rings (SSSR count). The van der Waals surface area contributed by atoms with Gasteiger partial charge in [0.1, 0.15) is 5.75 Å². The van der Waals surface area contributed by atoms with Crippen LogP contribution in [0.25, 0.3) is 0 Å². The average Bonchev–Trinajstić information content (AvgIpc) is 2.34. The molecule has 1 atom stereocenters. The minimum absolute atomic E-state index is 0.278.